The monoisotopic (exact) mass is 220 g/mol. The highest BCUT2D eigenvalue weighted by Gasteiger charge is 2.18. The Hall–Kier alpha value is -0.930. The van der Waals surface area contributed by atoms with Crippen molar-refractivity contribution in [2.45, 2.75) is 32.2 Å². The summed E-state index contributed by atoms with van der Waals surface area (Å²) < 4.78 is 5.44. The fourth-order valence-electron chi connectivity index (χ4n) is 1.83. The average molecular weight is 220 g/mol. The number of rotatable bonds is 1. The third-order valence-corrected chi connectivity index (χ3v) is 2.88. The smallest absolute Gasteiger partial charge is 0.0662 e. The average Bonchev–Trinajstić information content (AvgIpc) is 2.29. The highest BCUT2D eigenvalue weighted by molar-refractivity contribution is 5.21. The molecule has 0 unspecified atom stereocenters. The molecular formula is C13H20N2O. The SMILES string of the molecule is CC(C)(C)c1ccc([C@H]2COCCN2)cn1. The molecule has 0 spiro atoms. The van der Waals surface area contributed by atoms with Gasteiger partial charge in [0.15, 0.2) is 0 Å². The van der Waals surface area contributed by atoms with Crippen LogP contribution < -0.4 is 5.32 Å². The molecular weight excluding hydrogens is 200 g/mol. The van der Waals surface area contributed by atoms with E-state index in [4.69, 9.17) is 4.74 Å². The van der Waals surface area contributed by atoms with E-state index >= 15 is 0 Å². The van der Waals surface area contributed by atoms with Gasteiger partial charge in [0.1, 0.15) is 0 Å². The zero-order valence-electron chi connectivity index (χ0n) is 10.3. The maximum absolute atomic E-state index is 5.44. The van der Waals surface area contributed by atoms with E-state index in [1.807, 2.05) is 6.20 Å². The molecule has 3 heteroatoms. The lowest BCUT2D eigenvalue weighted by atomic mass is 9.91. The summed E-state index contributed by atoms with van der Waals surface area (Å²) in [5.74, 6) is 0. The molecule has 88 valence electrons. The van der Waals surface area contributed by atoms with E-state index in [0.717, 1.165) is 25.5 Å². The molecule has 1 N–H and O–H groups in total. The Morgan fingerprint density at radius 3 is 2.69 bits per heavy atom. The van der Waals surface area contributed by atoms with Crippen molar-refractivity contribution in [2.75, 3.05) is 19.8 Å². The number of hydrogen-bond donors (Lipinski definition) is 1. The molecule has 0 saturated carbocycles. The Morgan fingerprint density at radius 1 is 1.38 bits per heavy atom. The van der Waals surface area contributed by atoms with Gasteiger partial charge in [0.05, 0.1) is 19.3 Å². The second-order valence-corrected chi connectivity index (χ2v) is 5.31. The Balaban J connectivity index is 2.12. The number of pyridine rings is 1. The van der Waals surface area contributed by atoms with Gasteiger partial charge in [0, 0.05) is 23.9 Å². The fraction of sp³-hybridized carbons (Fsp3) is 0.615. The van der Waals surface area contributed by atoms with Gasteiger partial charge in [0.25, 0.3) is 0 Å². The molecule has 1 saturated heterocycles. The molecule has 3 nitrogen and oxygen atoms in total. The summed E-state index contributed by atoms with van der Waals surface area (Å²) in [5.41, 5.74) is 2.47. The van der Waals surface area contributed by atoms with Crippen molar-refractivity contribution in [3.8, 4) is 0 Å². The Kier molecular flexibility index (Phi) is 3.26. The van der Waals surface area contributed by atoms with Crippen LogP contribution in [0.15, 0.2) is 18.3 Å². The highest BCUT2D eigenvalue weighted by Crippen LogP contribution is 2.22. The first-order valence-electron chi connectivity index (χ1n) is 5.85. The molecule has 0 amide bonds. The third kappa shape index (κ3) is 2.60. The predicted octanol–water partition coefficient (Wildman–Crippen LogP) is 2.04. The lowest BCUT2D eigenvalue weighted by Crippen LogP contribution is -2.34. The summed E-state index contributed by atoms with van der Waals surface area (Å²) in [6.07, 6.45) is 1.97. The third-order valence-electron chi connectivity index (χ3n) is 2.88. The molecule has 0 bridgehead atoms. The van der Waals surface area contributed by atoms with Crippen molar-refractivity contribution in [1.29, 1.82) is 0 Å². The maximum Gasteiger partial charge on any atom is 0.0662 e. The van der Waals surface area contributed by atoms with Crippen LogP contribution in [0.2, 0.25) is 0 Å². The molecule has 1 aliphatic rings. The van der Waals surface area contributed by atoms with Gasteiger partial charge in [-0.1, -0.05) is 26.8 Å². The predicted molar refractivity (Wildman–Crippen MR) is 64.5 cm³/mol. The van der Waals surface area contributed by atoms with Gasteiger partial charge in [-0.3, -0.25) is 4.98 Å². The molecule has 1 fully saturated rings. The van der Waals surface area contributed by atoms with Crippen LogP contribution in [0.5, 0.6) is 0 Å². The van der Waals surface area contributed by atoms with Gasteiger partial charge in [-0.25, -0.2) is 0 Å². The second-order valence-electron chi connectivity index (χ2n) is 5.31. The normalized spacial score (nSPS) is 22.1. The van der Waals surface area contributed by atoms with Crippen LogP contribution in [-0.4, -0.2) is 24.7 Å². The fourth-order valence-corrected chi connectivity index (χ4v) is 1.83. The minimum atomic E-state index is 0.120. The zero-order chi connectivity index (χ0) is 11.6. The van der Waals surface area contributed by atoms with Gasteiger partial charge in [-0.15, -0.1) is 0 Å². The molecule has 0 radical (unpaired) electrons. The minimum absolute atomic E-state index is 0.120. The van der Waals surface area contributed by atoms with Crippen molar-refractivity contribution >= 4 is 0 Å². The van der Waals surface area contributed by atoms with E-state index in [-0.39, 0.29) is 5.41 Å². The Labute approximate surface area is 97.2 Å². The molecule has 16 heavy (non-hydrogen) atoms. The van der Waals surface area contributed by atoms with Crippen LogP contribution in [0.4, 0.5) is 0 Å². The topological polar surface area (TPSA) is 34.1 Å². The van der Waals surface area contributed by atoms with Gasteiger partial charge in [-0.2, -0.15) is 0 Å². The van der Waals surface area contributed by atoms with Crippen molar-refractivity contribution in [3.05, 3.63) is 29.6 Å². The second kappa shape index (κ2) is 4.52. The summed E-state index contributed by atoms with van der Waals surface area (Å²) in [4.78, 5) is 4.53. The van der Waals surface area contributed by atoms with E-state index in [1.165, 1.54) is 5.56 Å². The lowest BCUT2D eigenvalue weighted by molar-refractivity contribution is 0.0767. The van der Waals surface area contributed by atoms with E-state index < -0.39 is 0 Å². The van der Waals surface area contributed by atoms with Gasteiger partial charge >= 0.3 is 0 Å². The zero-order valence-corrected chi connectivity index (χ0v) is 10.3. The van der Waals surface area contributed by atoms with E-state index in [0.29, 0.717) is 6.04 Å². The molecule has 1 aliphatic heterocycles. The summed E-state index contributed by atoms with van der Waals surface area (Å²) in [6, 6.07) is 4.57. The number of nitrogens with zero attached hydrogens (tertiary/aromatic N) is 1. The van der Waals surface area contributed by atoms with E-state index in [2.05, 4.69) is 43.2 Å². The van der Waals surface area contributed by atoms with E-state index in [9.17, 15) is 0 Å². The molecule has 1 aromatic rings. The van der Waals surface area contributed by atoms with Gasteiger partial charge < -0.3 is 10.1 Å². The van der Waals surface area contributed by atoms with Crippen molar-refractivity contribution in [1.82, 2.24) is 10.3 Å². The highest BCUT2D eigenvalue weighted by atomic mass is 16.5. The minimum Gasteiger partial charge on any atom is -0.378 e. The number of nitrogens with one attached hydrogen (secondary N) is 1. The first kappa shape index (κ1) is 11.6. The summed E-state index contributed by atoms with van der Waals surface area (Å²) in [5, 5.41) is 3.43. The summed E-state index contributed by atoms with van der Waals surface area (Å²) in [6.45, 7) is 9.01. The van der Waals surface area contributed by atoms with Gasteiger partial charge in [-0.05, 0) is 11.6 Å². The van der Waals surface area contributed by atoms with Crippen molar-refractivity contribution in [3.63, 3.8) is 0 Å². The maximum atomic E-state index is 5.44. The standard InChI is InChI=1S/C13H20N2O/c1-13(2,3)12-5-4-10(8-15-12)11-9-16-7-6-14-11/h4-5,8,11,14H,6-7,9H2,1-3H3/t11-/m1/s1. The van der Waals surface area contributed by atoms with Gasteiger partial charge in [0.2, 0.25) is 0 Å². The number of aromatic nitrogens is 1. The Bertz CT molecular complexity index is 334. The lowest BCUT2D eigenvalue weighted by Gasteiger charge is -2.25. The summed E-state index contributed by atoms with van der Waals surface area (Å²) >= 11 is 0. The van der Waals surface area contributed by atoms with Crippen molar-refractivity contribution < 1.29 is 4.74 Å². The largest absolute Gasteiger partial charge is 0.378 e. The van der Waals surface area contributed by atoms with Crippen molar-refractivity contribution in [2.24, 2.45) is 0 Å². The molecule has 1 aromatic heterocycles. The van der Waals surface area contributed by atoms with Crippen LogP contribution >= 0.6 is 0 Å². The quantitative estimate of drug-likeness (QED) is 0.786. The van der Waals surface area contributed by atoms with E-state index in [1.54, 1.807) is 0 Å². The molecule has 2 heterocycles. The van der Waals surface area contributed by atoms with Crippen LogP contribution in [-0.2, 0) is 10.2 Å². The van der Waals surface area contributed by atoms with Crippen LogP contribution in [0, 0.1) is 0 Å². The first-order valence-corrected chi connectivity index (χ1v) is 5.85. The number of morpholine rings is 1. The number of hydrogen-bond acceptors (Lipinski definition) is 3. The molecule has 1 atom stereocenters. The molecule has 0 aromatic carbocycles. The Morgan fingerprint density at radius 2 is 2.19 bits per heavy atom. The van der Waals surface area contributed by atoms with Crippen LogP contribution in [0.3, 0.4) is 0 Å². The summed E-state index contributed by atoms with van der Waals surface area (Å²) in [7, 11) is 0. The molecule has 0 aliphatic carbocycles. The molecule has 2 rings (SSSR count). The van der Waals surface area contributed by atoms with Crippen LogP contribution in [0.1, 0.15) is 38.1 Å². The first-order chi connectivity index (χ1) is 7.57. The van der Waals surface area contributed by atoms with Crippen LogP contribution in [0.25, 0.3) is 0 Å². The number of ether oxygens (including phenoxy) is 1.